The highest BCUT2D eigenvalue weighted by Gasteiger charge is 2.42. The number of Topliss-reactive ketones (excluding diaryl/α,β-unsaturated/α-hetero) is 2. The SMILES string of the molecule is Cc1cc(-c2cnc3c(NCCC(F)(F)F)cc(C4(c5cccc(F)c5)SCCS4)nn23)ccc1C(=O)CC1CC1.Cc1cc(-c2cnc3c(NCCC(F)(F)F)cc(Cc4cccc(F)c4)nn23)ccc1C(=O)CC1CC1. The highest BCUT2D eigenvalue weighted by Crippen LogP contribution is 2.56. The lowest BCUT2D eigenvalue weighted by Crippen LogP contribution is -2.21. The first-order valence-electron chi connectivity index (χ1n) is 25.7. The molecule has 78 heavy (non-hydrogen) atoms. The van der Waals surface area contributed by atoms with Gasteiger partial charge in [-0.15, -0.1) is 23.5 Å². The number of ketones is 2. The summed E-state index contributed by atoms with van der Waals surface area (Å²) >= 11 is 3.25. The summed E-state index contributed by atoms with van der Waals surface area (Å²) in [6, 6.07) is 27.1. The number of halogens is 8. The monoisotopic (exact) mass is 1110 g/mol. The van der Waals surface area contributed by atoms with Crippen LogP contribution in [0.25, 0.3) is 33.8 Å². The molecule has 20 heteroatoms. The number of benzene rings is 4. The van der Waals surface area contributed by atoms with E-state index in [2.05, 4.69) is 20.6 Å². The number of imidazole rings is 2. The Morgan fingerprint density at radius 1 is 0.628 bits per heavy atom. The van der Waals surface area contributed by atoms with Crippen LogP contribution in [-0.2, 0) is 10.5 Å². The fourth-order valence-corrected chi connectivity index (χ4v) is 12.8. The average Bonchev–Trinajstić information content (AvgIpc) is 4.40. The van der Waals surface area contributed by atoms with Crippen LogP contribution < -0.4 is 10.6 Å². The van der Waals surface area contributed by atoms with Crippen LogP contribution in [0.5, 0.6) is 0 Å². The first-order chi connectivity index (χ1) is 37.3. The molecule has 0 radical (unpaired) electrons. The number of rotatable bonds is 18. The summed E-state index contributed by atoms with van der Waals surface area (Å²) in [6.07, 6.45) is -1.52. The normalized spacial score (nSPS) is 15.4. The zero-order chi connectivity index (χ0) is 54.9. The number of alkyl halides is 6. The lowest BCUT2D eigenvalue weighted by Gasteiger charge is -2.28. The van der Waals surface area contributed by atoms with Crippen LogP contribution in [0, 0.1) is 37.3 Å². The van der Waals surface area contributed by atoms with Gasteiger partial charge in [-0.05, 0) is 122 Å². The number of aromatic nitrogens is 6. The summed E-state index contributed by atoms with van der Waals surface area (Å²) in [4.78, 5) is 34.4. The molecule has 4 aromatic carbocycles. The molecule has 2 N–H and O–H groups in total. The third-order valence-corrected chi connectivity index (χ3v) is 17.4. The maximum atomic E-state index is 14.4. The largest absolute Gasteiger partial charge is 0.390 e. The Morgan fingerprint density at radius 3 is 1.62 bits per heavy atom. The second kappa shape index (κ2) is 22.5. The lowest BCUT2D eigenvalue weighted by atomic mass is 9.98. The van der Waals surface area contributed by atoms with Gasteiger partial charge < -0.3 is 10.6 Å². The van der Waals surface area contributed by atoms with Crippen LogP contribution in [0.15, 0.2) is 109 Å². The second-order valence-corrected chi connectivity index (χ2v) is 23.0. The molecule has 10 nitrogen and oxygen atoms in total. The third kappa shape index (κ3) is 12.9. The number of hydrogen-bond donors (Lipinski definition) is 2. The predicted octanol–water partition coefficient (Wildman–Crippen LogP) is 14.7. The van der Waals surface area contributed by atoms with E-state index in [4.69, 9.17) is 10.2 Å². The van der Waals surface area contributed by atoms with Gasteiger partial charge in [-0.3, -0.25) is 9.59 Å². The van der Waals surface area contributed by atoms with Gasteiger partial charge >= 0.3 is 12.4 Å². The minimum absolute atomic E-state index is 0.136. The van der Waals surface area contributed by atoms with Crippen molar-refractivity contribution in [1.29, 1.82) is 0 Å². The molecule has 0 spiro atoms. The van der Waals surface area contributed by atoms with E-state index in [1.54, 1.807) is 75.3 Å². The van der Waals surface area contributed by atoms with Crippen LogP contribution >= 0.6 is 23.5 Å². The van der Waals surface area contributed by atoms with Crippen LogP contribution in [0.2, 0.25) is 0 Å². The number of aryl methyl sites for hydroxylation is 2. The number of carbonyl (C=O) groups is 2. The van der Waals surface area contributed by atoms with Gasteiger partial charge in [-0.25, -0.2) is 27.8 Å². The molecule has 3 aliphatic rings. The smallest absolute Gasteiger partial charge is 0.382 e. The molecule has 0 bridgehead atoms. The van der Waals surface area contributed by atoms with Gasteiger partial charge in [0.2, 0.25) is 0 Å². The van der Waals surface area contributed by atoms with Crippen molar-refractivity contribution in [3.63, 3.8) is 0 Å². The van der Waals surface area contributed by atoms with Crippen LogP contribution in [0.4, 0.5) is 46.5 Å². The third-order valence-electron chi connectivity index (χ3n) is 13.9. The number of hydrogen-bond acceptors (Lipinski definition) is 10. The van der Waals surface area contributed by atoms with Crippen molar-refractivity contribution in [2.45, 2.75) is 88.1 Å². The van der Waals surface area contributed by atoms with Gasteiger partial charge in [0.1, 0.15) is 15.7 Å². The summed E-state index contributed by atoms with van der Waals surface area (Å²) < 4.78 is 108. The minimum Gasteiger partial charge on any atom is -0.382 e. The van der Waals surface area contributed by atoms with Crippen LogP contribution in [-0.4, -0.2) is 77.7 Å². The molecule has 0 atom stereocenters. The molecule has 11 rings (SSSR count). The van der Waals surface area contributed by atoms with Crippen molar-refractivity contribution in [3.05, 3.63) is 166 Å². The first kappa shape index (κ1) is 54.6. The molecule has 0 amide bonds. The number of carbonyl (C=O) groups excluding carboxylic acids is 2. The summed E-state index contributed by atoms with van der Waals surface area (Å²) in [5.41, 5.74) is 10.1. The van der Waals surface area contributed by atoms with Crippen molar-refractivity contribution in [2.75, 3.05) is 35.2 Å². The molecule has 0 unspecified atom stereocenters. The van der Waals surface area contributed by atoms with Gasteiger partial charge in [0, 0.05) is 66.1 Å². The zero-order valence-corrected chi connectivity index (χ0v) is 44.2. The highest BCUT2D eigenvalue weighted by molar-refractivity contribution is 8.20. The first-order valence-corrected chi connectivity index (χ1v) is 27.7. The van der Waals surface area contributed by atoms with Crippen LogP contribution in [0.1, 0.15) is 106 Å². The van der Waals surface area contributed by atoms with Crippen molar-refractivity contribution in [3.8, 4) is 22.5 Å². The van der Waals surface area contributed by atoms with E-state index in [0.717, 1.165) is 65.0 Å². The van der Waals surface area contributed by atoms with E-state index in [1.807, 2.05) is 56.3 Å². The summed E-state index contributed by atoms with van der Waals surface area (Å²) in [7, 11) is 0. The van der Waals surface area contributed by atoms with Gasteiger partial charge in [0.05, 0.1) is 59.4 Å². The maximum absolute atomic E-state index is 14.4. The Bertz CT molecular complexity index is 3530. The Morgan fingerprint density at radius 2 is 1.13 bits per heavy atom. The van der Waals surface area contributed by atoms with Crippen molar-refractivity contribution in [2.24, 2.45) is 11.8 Å². The molecule has 406 valence electrons. The molecule has 2 aliphatic carbocycles. The van der Waals surface area contributed by atoms with Gasteiger partial charge in [-0.1, -0.05) is 48.5 Å². The van der Waals surface area contributed by atoms with Gasteiger partial charge in [0.15, 0.2) is 22.9 Å². The highest BCUT2D eigenvalue weighted by atomic mass is 32.2. The van der Waals surface area contributed by atoms with E-state index < -0.39 is 29.3 Å². The number of nitrogens with one attached hydrogen (secondary N) is 2. The standard InChI is InChI=1S/C30H28F4N4OS2.C28H26F4N4O/c1-18-13-20(7-8-23(18)26(39)14-19-5-6-19)25-17-36-28-24(35-10-9-29(32,33)34)16-27(37-38(25)28)30(40-11-12-41-30)21-3-2-4-22(31)15-21;1-17-11-20(7-8-23(17)26(37)14-18-5-6-18)25-16-34-27-24(33-10-9-28(30,31)32)15-22(35-36(25)27)13-19-3-2-4-21(29)12-19/h2-4,7-8,13,15-17,19,35H,5-6,9-12,14H2,1H3;2-4,7-8,11-12,15-16,18,33H,5-6,9-10,13-14H2,1H3. The van der Waals surface area contributed by atoms with E-state index in [-0.39, 0.29) is 42.7 Å². The number of fused-ring (bicyclic) bond motifs is 2. The van der Waals surface area contributed by atoms with Gasteiger partial charge in [-0.2, -0.15) is 36.5 Å². The summed E-state index contributed by atoms with van der Waals surface area (Å²) in [5.74, 6) is 2.13. The second-order valence-electron chi connectivity index (χ2n) is 20.2. The van der Waals surface area contributed by atoms with Crippen molar-refractivity contribution in [1.82, 2.24) is 29.2 Å². The lowest BCUT2D eigenvalue weighted by molar-refractivity contribution is -0.132. The molecule has 1 saturated heterocycles. The minimum atomic E-state index is -4.31. The van der Waals surface area contributed by atoms with Crippen molar-refractivity contribution >= 4 is 57.8 Å². The van der Waals surface area contributed by atoms with E-state index in [0.29, 0.717) is 86.8 Å². The Hall–Kier alpha value is -6.80. The Kier molecular flexibility index (Phi) is 15.7. The quantitative estimate of drug-likeness (QED) is 0.0635. The number of anilines is 2. The zero-order valence-electron chi connectivity index (χ0n) is 42.6. The summed E-state index contributed by atoms with van der Waals surface area (Å²) in [5, 5.41) is 15.5. The number of nitrogens with zero attached hydrogens (tertiary/aromatic N) is 6. The van der Waals surface area contributed by atoms with Gasteiger partial charge in [0.25, 0.3) is 0 Å². The molecule has 3 fully saturated rings. The molecule has 4 aromatic heterocycles. The van der Waals surface area contributed by atoms with Crippen molar-refractivity contribution < 1.29 is 44.7 Å². The molecule has 8 aromatic rings. The van der Waals surface area contributed by atoms with E-state index in [1.165, 1.54) is 24.3 Å². The fourth-order valence-electron chi connectivity index (χ4n) is 9.65. The van der Waals surface area contributed by atoms with Crippen LogP contribution in [0.3, 0.4) is 0 Å². The fraction of sp³-hybridized carbons (Fsp3) is 0.345. The van der Waals surface area contributed by atoms with E-state index >= 15 is 0 Å². The predicted molar refractivity (Wildman–Crippen MR) is 289 cm³/mol. The summed E-state index contributed by atoms with van der Waals surface area (Å²) in [6.45, 7) is 3.15. The molecular formula is C58H54F8N8O2S2. The Balaban J connectivity index is 0.000000177. The van der Waals surface area contributed by atoms with E-state index in [9.17, 15) is 44.7 Å². The molecule has 5 heterocycles. The molecular weight excluding hydrogens is 1060 g/mol. The average molecular weight is 1110 g/mol. The number of thioether (sulfide) groups is 2. The molecule has 2 saturated carbocycles. The molecule has 1 aliphatic heterocycles. The Labute approximate surface area is 453 Å². The topological polar surface area (TPSA) is 119 Å². The maximum Gasteiger partial charge on any atom is 0.390 e.